The Kier molecular flexibility index (Phi) is 3.91. The predicted octanol–water partition coefficient (Wildman–Crippen LogP) is 3.58. The molecule has 1 aromatic carbocycles. The molecule has 1 aromatic rings. The van der Waals surface area contributed by atoms with E-state index in [1.54, 1.807) is 0 Å². The van der Waals surface area contributed by atoms with Crippen LogP contribution in [0.2, 0.25) is 0 Å². The van der Waals surface area contributed by atoms with Crippen LogP contribution in [-0.2, 0) is 4.79 Å². The van der Waals surface area contributed by atoms with Gasteiger partial charge in [0, 0.05) is 4.47 Å². The van der Waals surface area contributed by atoms with E-state index >= 15 is 0 Å². The summed E-state index contributed by atoms with van der Waals surface area (Å²) in [5.74, 6) is -1.09. The van der Waals surface area contributed by atoms with Gasteiger partial charge in [-0.25, -0.2) is 0 Å². The molecule has 2 nitrogen and oxygen atoms in total. The molecule has 1 unspecified atom stereocenters. The molecule has 0 aliphatic carbocycles. The van der Waals surface area contributed by atoms with Crippen molar-refractivity contribution in [1.82, 2.24) is 0 Å². The average Bonchev–Trinajstić information content (AvgIpc) is 2.11. The van der Waals surface area contributed by atoms with Gasteiger partial charge in [-0.15, -0.1) is 0 Å². The van der Waals surface area contributed by atoms with E-state index in [2.05, 4.69) is 15.9 Å². The molecule has 1 N–H and O–H groups in total. The van der Waals surface area contributed by atoms with Crippen LogP contribution >= 0.6 is 15.9 Å². The lowest BCUT2D eigenvalue weighted by atomic mass is 9.86. The van der Waals surface area contributed by atoms with Crippen LogP contribution in [0.1, 0.15) is 30.9 Å². The summed E-state index contributed by atoms with van der Waals surface area (Å²) in [4.78, 5) is 11.2. The second-order valence-corrected chi connectivity index (χ2v) is 4.87. The number of rotatable bonds is 3. The molecule has 0 bridgehead atoms. The Hall–Kier alpha value is -0.830. The highest BCUT2D eigenvalue weighted by Crippen LogP contribution is 2.30. The van der Waals surface area contributed by atoms with Crippen molar-refractivity contribution >= 4 is 21.9 Å². The average molecular weight is 271 g/mol. The number of carboxylic acid groups (broad SMARTS) is 1. The van der Waals surface area contributed by atoms with Gasteiger partial charge in [-0.3, -0.25) is 4.79 Å². The minimum atomic E-state index is -0.758. The molecule has 15 heavy (non-hydrogen) atoms. The van der Waals surface area contributed by atoms with Crippen LogP contribution in [-0.4, -0.2) is 11.1 Å². The molecule has 0 heterocycles. The number of hydrogen-bond acceptors (Lipinski definition) is 1. The zero-order valence-electron chi connectivity index (χ0n) is 9.12. The minimum Gasteiger partial charge on any atom is -0.481 e. The van der Waals surface area contributed by atoms with Crippen molar-refractivity contribution in [2.24, 2.45) is 5.92 Å². The quantitative estimate of drug-likeness (QED) is 0.912. The third kappa shape index (κ3) is 2.59. The highest BCUT2D eigenvalue weighted by molar-refractivity contribution is 9.10. The van der Waals surface area contributed by atoms with Crippen LogP contribution < -0.4 is 0 Å². The van der Waals surface area contributed by atoms with Gasteiger partial charge in [-0.2, -0.15) is 0 Å². The fraction of sp³-hybridized carbons (Fsp3) is 0.417. The van der Waals surface area contributed by atoms with Gasteiger partial charge in [0.2, 0.25) is 0 Å². The summed E-state index contributed by atoms with van der Waals surface area (Å²) in [6, 6.07) is 5.70. The van der Waals surface area contributed by atoms with Gasteiger partial charge in [-0.1, -0.05) is 41.9 Å². The molecule has 0 fully saturated rings. The van der Waals surface area contributed by atoms with Crippen LogP contribution in [0.3, 0.4) is 0 Å². The molecule has 0 saturated heterocycles. The fourth-order valence-corrected chi connectivity index (χ4v) is 2.12. The first-order valence-corrected chi connectivity index (χ1v) is 5.72. The Morgan fingerprint density at radius 3 is 2.47 bits per heavy atom. The maximum Gasteiger partial charge on any atom is 0.311 e. The minimum absolute atomic E-state index is 0.0931. The first-order chi connectivity index (χ1) is 6.95. The molecule has 0 radical (unpaired) electrons. The number of carboxylic acids is 1. The van der Waals surface area contributed by atoms with Gasteiger partial charge in [0.1, 0.15) is 0 Å². The molecule has 1 atom stereocenters. The molecule has 0 spiro atoms. The second kappa shape index (κ2) is 4.79. The van der Waals surface area contributed by atoms with E-state index in [-0.39, 0.29) is 5.92 Å². The van der Waals surface area contributed by atoms with E-state index in [1.807, 2.05) is 39.0 Å². The zero-order valence-corrected chi connectivity index (χ0v) is 10.7. The van der Waals surface area contributed by atoms with Gasteiger partial charge < -0.3 is 5.11 Å². The normalized spacial score (nSPS) is 12.9. The van der Waals surface area contributed by atoms with Crippen molar-refractivity contribution < 1.29 is 9.90 Å². The van der Waals surface area contributed by atoms with E-state index in [0.29, 0.717) is 0 Å². The molecule has 0 saturated carbocycles. The summed E-state index contributed by atoms with van der Waals surface area (Å²) in [6.45, 7) is 5.80. The first kappa shape index (κ1) is 12.2. The van der Waals surface area contributed by atoms with E-state index in [9.17, 15) is 9.90 Å². The van der Waals surface area contributed by atoms with Crippen molar-refractivity contribution in [3.8, 4) is 0 Å². The van der Waals surface area contributed by atoms with Crippen LogP contribution in [0.25, 0.3) is 0 Å². The highest BCUT2D eigenvalue weighted by atomic mass is 79.9. The van der Waals surface area contributed by atoms with Crippen molar-refractivity contribution in [2.75, 3.05) is 0 Å². The van der Waals surface area contributed by atoms with Gasteiger partial charge in [0.05, 0.1) is 5.92 Å². The number of benzene rings is 1. The van der Waals surface area contributed by atoms with E-state index in [1.165, 1.54) is 0 Å². The third-order valence-electron chi connectivity index (χ3n) is 2.58. The fourth-order valence-electron chi connectivity index (χ4n) is 1.74. The van der Waals surface area contributed by atoms with Crippen LogP contribution in [0.4, 0.5) is 0 Å². The van der Waals surface area contributed by atoms with E-state index in [4.69, 9.17) is 0 Å². The Bertz CT molecular complexity index is 372. The van der Waals surface area contributed by atoms with Crippen LogP contribution in [0.15, 0.2) is 22.7 Å². The SMILES string of the molecule is Cc1c(Br)cccc1C(C(=O)O)C(C)C. The number of halogens is 1. The smallest absolute Gasteiger partial charge is 0.311 e. The Morgan fingerprint density at radius 1 is 1.40 bits per heavy atom. The van der Waals surface area contributed by atoms with E-state index < -0.39 is 11.9 Å². The molecular weight excluding hydrogens is 256 g/mol. The highest BCUT2D eigenvalue weighted by Gasteiger charge is 2.25. The molecule has 3 heteroatoms. The Balaban J connectivity index is 3.23. The number of hydrogen-bond donors (Lipinski definition) is 1. The van der Waals surface area contributed by atoms with Crippen LogP contribution in [0.5, 0.6) is 0 Å². The van der Waals surface area contributed by atoms with Gasteiger partial charge in [-0.05, 0) is 30.0 Å². The summed E-state index contributed by atoms with van der Waals surface area (Å²) in [7, 11) is 0. The lowest BCUT2D eigenvalue weighted by molar-refractivity contribution is -0.139. The molecule has 0 aliphatic heterocycles. The summed E-state index contributed by atoms with van der Waals surface area (Å²) in [6.07, 6.45) is 0. The van der Waals surface area contributed by atoms with Gasteiger partial charge >= 0.3 is 5.97 Å². The molecule has 0 amide bonds. The topological polar surface area (TPSA) is 37.3 Å². The summed E-state index contributed by atoms with van der Waals surface area (Å²) in [5.41, 5.74) is 1.91. The van der Waals surface area contributed by atoms with Crippen molar-refractivity contribution in [3.05, 3.63) is 33.8 Å². The van der Waals surface area contributed by atoms with Crippen LogP contribution in [0, 0.1) is 12.8 Å². The van der Waals surface area contributed by atoms with Crippen molar-refractivity contribution in [2.45, 2.75) is 26.7 Å². The number of carbonyl (C=O) groups is 1. The largest absolute Gasteiger partial charge is 0.481 e. The molecular formula is C12H15BrO2. The standard InChI is InChI=1S/C12H15BrO2/c1-7(2)11(12(14)15)9-5-4-6-10(13)8(9)3/h4-7,11H,1-3H3,(H,14,15). The van der Waals surface area contributed by atoms with Crippen molar-refractivity contribution in [3.63, 3.8) is 0 Å². The molecule has 0 aliphatic rings. The molecule has 82 valence electrons. The lowest BCUT2D eigenvalue weighted by Gasteiger charge is -2.19. The summed E-state index contributed by atoms with van der Waals surface area (Å²) < 4.78 is 0.965. The molecule has 0 aromatic heterocycles. The predicted molar refractivity (Wildman–Crippen MR) is 64.1 cm³/mol. The second-order valence-electron chi connectivity index (χ2n) is 4.01. The molecule has 1 rings (SSSR count). The zero-order chi connectivity index (χ0) is 11.6. The van der Waals surface area contributed by atoms with E-state index in [0.717, 1.165) is 15.6 Å². The van der Waals surface area contributed by atoms with Crippen molar-refractivity contribution in [1.29, 1.82) is 0 Å². The van der Waals surface area contributed by atoms with Gasteiger partial charge in [0.25, 0.3) is 0 Å². The maximum atomic E-state index is 11.2. The Morgan fingerprint density at radius 2 is 2.00 bits per heavy atom. The number of aliphatic carboxylic acids is 1. The first-order valence-electron chi connectivity index (χ1n) is 4.93. The monoisotopic (exact) mass is 270 g/mol. The lowest BCUT2D eigenvalue weighted by Crippen LogP contribution is -2.18. The Labute approximate surface area is 98.4 Å². The summed E-state index contributed by atoms with van der Waals surface area (Å²) in [5, 5.41) is 9.20. The summed E-state index contributed by atoms with van der Waals surface area (Å²) >= 11 is 3.42. The maximum absolute atomic E-state index is 11.2. The van der Waals surface area contributed by atoms with Gasteiger partial charge in [0.15, 0.2) is 0 Å². The third-order valence-corrected chi connectivity index (χ3v) is 3.44.